The topological polar surface area (TPSA) is 71.0 Å². The summed E-state index contributed by atoms with van der Waals surface area (Å²) in [5.74, 6) is 2.00. The molecule has 0 saturated carbocycles. The molecule has 0 aromatic carbocycles. The van der Waals surface area contributed by atoms with Gasteiger partial charge in [0.05, 0.1) is 26.9 Å². The van der Waals surface area contributed by atoms with Gasteiger partial charge in [0.2, 0.25) is 5.88 Å². The van der Waals surface area contributed by atoms with Gasteiger partial charge in [0.25, 0.3) is 0 Å². The van der Waals surface area contributed by atoms with Crippen LogP contribution in [0.25, 0.3) is 0 Å². The van der Waals surface area contributed by atoms with E-state index in [-0.39, 0.29) is 24.0 Å². The van der Waals surface area contributed by atoms with Crippen molar-refractivity contribution >= 4 is 29.9 Å². The highest BCUT2D eigenvalue weighted by Gasteiger charge is 2.23. The van der Waals surface area contributed by atoms with Crippen LogP contribution in [0.2, 0.25) is 0 Å². The Morgan fingerprint density at radius 3 is 2.70 bits per heavy atom. The number of nitrogens with one attached hydrogen (secondary N) is 2. The summed E-state index contributed by atoms with van der Waals surface area (Å²) in [5, 5.41) is 6.82. The molecule has 1 aromatic heterocycles. The SMILES string of the molecule is CCNC(=NCc1cccnc1OC)NCC(C(C)C)N1CCOCC1.I. The number of guanidine groups is 1. The van der Waals surface area contributed by atoms with Crippen LogP contribution >= 0.6 is 24.0 Å². The van der Waals surface area contributed by atoms with Gasteiger partial charge in [-0.2, -0.15) is 0 Å². The first kappa shape index (κ1) is 23.9. The third-order valence-corrected chi connectivity index (χ3v) is 4.56. The van der Waals surface area contributed by atoms with Crippen molar-refractivity contribution in [1.82, 2.24) is 20.5 Å². The number of hydrogen-bond donors (Lipinski definition) is 2. The third kappa shape index (κ3) is 7.79. The maximum absolute atomic E-state index is 5.49. The highest BCUT2D eigenvalue weighted by molar-refractivity contribution is 14.0. The van der Waals surface area contributed by atoms with Gasteiger partial charge in [0.15, 0.2) is 5.96 Å². The summed E-state index contributed by atoms with van der Waals surface area (Å²) in [7, 11) is 1.63. The molecule has 0 spiro atoms. The monoisotopic (exact) mass is 491 g/mol. The summed E-state index contributed by atoms with van der Waals surface area (Å²) in [5.41, 5.74) is 0.973. The number of morpholine rings is 1. The van der Waals surface area contributed by atoms with E-state index in [1.165, 1.54) is 0 Å². The lowest BCUT2D eigenvalue weighted by Crippen LogP contribution is -2.52. The van der Waals surface area contributed by atoms with Crippen LogP contribution in [-0.2, 0) is 11.3 Å². The highest BCUT2D eigenvalue weighted by Crippen LogP contribution is 2.15. The quantitative estimate of drug-likeness (QED) is 0.330. The van der Waals surface area contributed by atoms with Crippen molar-refractivity contribution in [2.45, 2.75) is 33.4 Å². The molecule has 1 aliphatic heterocycles. The number of methoxy groups -OCH3 is 1. The molecular formula is C19H34IN5O2. The zero-order valence-electron chi connectivity index (χ0n) is 16.9. The van der Waals surface area contributed by atoms with Crippen molar-refractivity contribution in [3.8, 4) is 5.88 Å². The molecule has 0 aliphatic carbocycles. The van der Waals surface area contributed by atoms with E-state index in [0.717, 1.165) is 50.9 Å². The maximum Gasteiger partial charge on any atom is 0.218 e. The summed E-state index contributed by atoms with van der Waals surface area (Å²) in [4.78, 5) is 11.4. The van der Waals surface area contributed by atoms with Crippen LogP contribution in [0.4, 0.5) is 0 Å². The molecule has 1 fully saturated rings. The molecule has 2 heterocycles. The molecule has 8 heteroatoms. The molecule has 154 valence electrons. The van der Waals surface area contributed by atoms with E-state index in [2.05, 4.69) is 41.3 Å². The predicted molar refractivity (Wildman–Crippen MR) is 120 cm³/mol. The summed E-state index contributed by atoms with van der Waals surface area (Å²) >= 11 is 0. The molecule has 0 bridgehead atoms. The van der Waals surface area contributed by atoms with E-state index < -0.39 is 0 Å². The third-order valence-electron chi connectivity index (χ3n) is 4.56. The zero-order valence-corrected chi connectivity index (χ0v) is 19.2. The van der Waals surface area contributed by atoms with Crippen LogP contribution in [0.3, 0.4) is 0 Å². The lowest BCUT2D eigenvalue weighted by Gasteiger charge is -2.37. The van der Waals surface area contributed by atoms with Crippen molar-refractivity contribution in [3.63, 3.8) is 0 Å². The molecule has 27 heavy (non-hydrogen) atoms. The molecule has 7 nitrogen and oxygen atoms in total. The first-order valence-corrected chi connectivity index (χ1v) is 9.47. The molecule has 1 aromatic rings. The van der Waals surface area contributed by atoms with Gasteiger partial charge >= 0.3 is 0 Å². The number of aromatic nitrogens is 1. The smallest absolute Gasteiger partial charge is 0.218 e. The van der Waals surface area contributed by atoms with Gasteiger partial charge in [-0.25, -0.2) is 9.98 Å². The van der Waals surface area contributed by atoms with Crippen molar-refractivity contribution in [2.24, 2.45) is 10.9 Å². The van der Waals surface area contributed by atoms with Crippen LogP contribution in [0.1, 0.15) is 26.3 Å². The number of nitrogens with zero attached hydrogens (tertiary/aromatic N) is 3. The molecule has 0 radical (unpaired) electrons. The molecule has 1 unspecified atom stereocenters. The maximum atomic E-state index is 5.49. The number of pyridine rings is 1. The average Bonchev–Trinajstić information content (AvgIpc) is 2.67. The second kappa shape index (κ2) is 13.1. The van der Waals surface area contributed by atoms with E-state index in [0.29, 0.717) is 24.4 Å². The van der Waals surface area contributed by atoms with Crippen LogP contribution in [0.15, 0.2) is 23.3 Å². The molecule has 2 N–H and O–H groups in total. The molecular weight excluding hydrogens is 457 g/mol. The van der Waals surface area contributed by atoms with Crippen molar-refractivity contribution in [1.29, 1.82) is 0 Å². The summed E-state index contributed by atoms with van der Waals surface area (Å²) in [6, 6.07) is 4.35. The fraction of sp³-hybridized carbons (Fsp3) is 0.684. The standard InChI is InChI=1S/C19H33N5O2.HI/c1-5-20-19(22-13-16-7-6-8-21-18(16)25-4)23-14-17(15(2)3)24-9-11-26-12-10-24;/h6-8,15,17H,5,9-14H2,1-4H3,(H2,20,22,23);1H. The first-order chi connectivity index (χ1) is 12.7. The Morgan fingerprint density at radius 2 is 2.07 bits per heavy atom. The first-order valence-electron chi connectivity index (χ1n) is 9.47. The summed E-state index contributed by atoms with van der Waals surface area (Å²) < 4.78 is 10.8. The minimum atomic E-state index is 0. The van der Waals surface area contributed by atoms with Crippen LogP contribution in [0.5, 0.6) is 5.88 Å². The number of rotatable bonds is 8. The largest absolute Gasteiger partial charge is 0.481 e. The Bertz CT molecular complexity index is 565. The van der Waals surface area contributed by atoms with Gasteiger partial charge in [0, 0.05) is 44.0 Å². The zero-order chi connectivity index (χ0) is 18.8. The van der Waals surface area contributed by atoms with E-state index >= 15 is 0 Å². The Hall–Kier alpha value is -1.13. The number of halogens is 1. The Morgan fingerprint density at radius 1 is 1.33 bits per heavy atom. The molecule has 0 amide bonds. The molecule has 1 aliphatic rings. The minimum absolute atomic E-state index is 0. The Labute approximate surface area is 180 Å². The van der Waals surface area contributed by atoms with Crippen molar-refractivity contribution < 1.29 is 9.47 Å². The molecule has 1 atom stereocenters. The van der Waals surface area contributed by atoms with Gasteiger partial charge in [-0.05, 0) is 18.9 Å². The van der Waals surface area contributed by atoms with Crippen molar-refractivity contribution in [2.75, 3.05) is 46.5 Å². The molecule has 1 saturated heterocycles. The number of aliphatic imine (C=N–C) groups is 1. The van der Waals surface area contributed by atoms with Gasteiger partial charge in [-0.3, -0.25) is 4.90 Å². The lowest BCUT2D eigenvalue weighted by atomic mass is 10.0. The van der Waals surface area contributed by atoms with E-state index in [1.54, 1.807) is 13.3 Å². The molecule has 2 rings (SSSR count). The normalized spacial score (nSPS) is 16.6. The lowest BCUT2D eigenvalue weighted by molar-refractivity contribution is 0.00752. The van der Waals surface area contributed by atoms with Gasteiger partial charge in [-0.1, -0.05) is 19.9 Å². The van der Waals surface area contributed by atoms with Crippen LogP contribution < -0.4 is 15.4 Å². The number of hydrogen-bond acceptors (Lipinski definition) is 5. The Kier molecular flexibility index (Phi) is 11.6. The summed E-state index contributed by atoms with van der Waals surface area (Å²) in [6.45, 7) is 12.4. The van der Waals surface area contributed by atoms with Gasteiger partial charge < -0.3 is 20.1 Å². The second-order valence-corrected chi connectivity index (χ2v) is 6.71. The fourth-order valence-corrected chi connectivity index (χ4v) is 3.13. The Balaban J connectivity index is 0.00000364. The predicted octanol–water partition coefficient (Wildman–Crippen LogP) is 2.12. The van der Waals surface area contributed by atoms with E-state index in [4.69, 9.17) is 14.5 Å². The van der Waals surface area contributed by atoms with Crippen molar-refractivity contribution in [3.05, 3.63) is 23.9 Å². The van der Waals surface area contributed by atoms with Gasteiger partial charge in [-0.15, -0.1) is 24.0 Å². The van der Waals surface area contributed by atoms with Crippen LogP contribution in [0, 0.1) is 5.92 Å². The van der Waals surface area contributed by atoms with E-state index in [9.17, 15) is 0 Å². The number of ether oxygens (including phenoxy) is 2. The minimum Gasteiger partial charge on any atom is -0.481 e. The average molecular weight is 491 g/mol. The summed E-state index contributed by atoms with van der Waals surface area (Å²) in [6.07, 6.45) is 1.73. The van der Waals surface area contributed by atoms with Gasteiger partial charge in [0.1, 0.15) is 0 Å². The van der Waals surface area contributed by atoms with Crippen LogP contribution in [-0.4, -0.2) is 68.4 Å². The fourth-order valence-electron chi connectivity index (χ4n) is 3.13. The second-order valence-electron chi connectivity index (χ2n) is 6.71. The van der Waals surface area contributed by atoms with E-state index in [1.807, 2.05) is 12.1 Å². The highest BCUT2D eigenvalue weighted by atomic mass is 127.